The number of benzene rings is 1. The lowest BCUT2D eigenvalue weighted by Gasteiger charge is -2.22. The first-order valence-electron chi connectivity index (χ1n) is 7.36. The van der Waals surface area contributed by atoms with Gasteiger partial charge in [-0.15, -0.1) is 6.58 Å². The summed E-state index contributed by atoms with van der Waals surface area (Å²) in [4.78, 5) is 12.3. The normalized spacial score (nSPS) is 23.2. The Bertz CT molecular complexity index is 444. The van der Waals surface area contributed by atoms with Crippen molar-refractivity contribution in [3.8, 4) is 0 Å². The second-order valence-corrected chi connectivity index (χ2v) is 5.44. The van der Waals surface area contributed by atoms with E-state index in [9.17, 15) is 9.90 Å². The van der Waals surface area contributed by atoms with Gasteiger partial charge in [0.15, 0.2) is 0 Å². The molecule has 1 aliphatic rings. The molecule has 108 valence electrons. The molecule has 3 heteroatoms. The summed E-state index contributed by atoms with van der Waals surface area (Å²) in [6, 6.07) is 9.98. The van der Waals surface area contributed by atoms with Gasteiger partial charge < -0.3 is 10.4 Å². The van der Waals surface area contributed by atoms with Crippen LogP contribution >= 0.6 is 0 Å². The number of aliphatic hydroxyl groups is 1. The molecule has 3 nitrogen and oxygen atoms in total. The molecule has 0 radical (unpaired) electrons. The van der Waals surface area contributed by atoms with Gasteiger partial charge in [-0.25, -0.2) is 0 Å². The molecule has 0 aromatic heterocycles. The van der Waals surface area contributed by atoms with E-state index in [0.29, 0.717) is 0 Å². The van der Waals surface area contributed by atoms with Crippen LogP contribution in [0.5, 0.6) is 0 Å². The van der Waals surface area contributed by atoms with E-state index in [-0.39, 0.29) is 17.9 Å². The predicted octanol–water partition coefficient (Wildman–Crippen LogP) is 2.97. The fourth-order valence-electron chi connectivity index (χ4n) is 2.82. The van der Waals surface area contributed by atoms with Crippen LogP contribution in [0.2, 0.25) is 0 Å². The minimum atomic E-state index is -0.481. The Morgan fingerprint density at radius 2 is 2.15 bits per heavy atom. The fraction of sp³-hybridized carbons (Fsp3) is 0.471. The Hall–Kier alpha value is -1.61. The van der Waals surface area contributed by atoms with Gasteiger partial charge in [-0.2, -0.15) is 0 Å². The van der Waals surface area contributed by atoms with E-state index in [2.05, 4.69) is 11.9 Å². The summed E-state index contributed by atoms with van der Waals surface area (Å²) in [5.41, 5.74) is 1.11. The Kier molecular flexibility index (Phi) is 5.36. The molecule has 1 aliphatic carbocycles. The first kappa shape index (κ1) is 14.8. The van der Waals surface area contributed by atoms with Gasteiger partial charge in [0.25, 0.3) is 0 Å². The van der Waals surface area contributed by atoms with E-state index >= 15 is 0 Å². The Balaban J connectivity index is 2.03. The maximum atomic E-state index is 12.3. The van der Waals surface area contributed by atoms with Crippen molar-refractivity contribution in [3.63, 3.8) is 0 Å². The Labute approximate surface area is 120 Å². The van der Waals surface area contributed by atoms with Crippen LogP contribution in [0, 0.1) is 5.92 Å². The number of carbonyl (C=O) groups is 1. The number of amides is 1. The van der Waals surface area contributed by atoms with Gasteiger partial charge in [0.1, 0.15) is 0 Å². The summed E-state index contributed by atoms with van der Waals surface area (Å²) in [5, 5.41) is 12.9. The highest BCUT2D eigenvalue weighted by atomic mass is 16.3. The molecule has 0 heterocycles. The quantitative estimate of drug-likeness (QED) is 0.783. The van der Waals surface area contributed by atoms with E-state index in [0.717, 1.165) is 37.7 Å². The van der Waals surface area contributed by atoms with Crippen LogP contribution in [0.15, 0.2) is 43.0 Å². The minimum Gasteiger partial charge on any atom is -0.392 e. The second-order valence-electron chi connectivity index (χ2n) is 5.44. The summed E-state index contributed by atoms with van der Waals surface area (Å²) >= 11 is 0. The van der Waals surface area contributed by atoms with E-state index in [1.54, 1.807) is 0 Å². The SMILES string of the molecule is C=CCCC(NC(=O)C1CCCC1O)c1ccccc1. The van der Waals surface area contributed by atoms with Crippen molar-refractivity contribution >= 4 is 5.91 Å². The highest BCUT2D eigenvalue weighted by Crippen LogP contribution is 2.27. The molecule has 3 unspecified atom stereocenters. The third-order valence-corrected chi connectivity index (χ3v) is 3.99. The first-order valence-corrected chi connectivity index (χ1v) is 7.36. The number of hydrogen-bond acceptors (Lipinski definition) is 2. The van der Waals surface area contributed by atoms with Gasteiger partial charge in [0, 0.05) is 0 Å². The molecule has 1 amide bonds. The zero-order valence-electron chi connectivity index (χ0n) is 11.8. The zero-order valence-corrected chi connectivity index (χ0v) is 11.8. The third kappa shape index (κ3) is 3.70. The van der Waals surface area contributed by atoms with Crippen molar-refractivity contribution in [2.75, 3.05) is 0 Å². The first-order chi connectivity index (χ1) is 9.72. The molecule has 2 rings (SSSR count). The van der Waals surface area contributed by atoms with E-state index in [4.69, 9.17) is 0 Å². The molecule has 1 saturated carbocycles. The molecule has 1 aromatic rings. The molecule has 0 saturated heterocycles. The van der Waals surface area contributed by atoms with Gasteiger partial charge in [0.05, 0.1) is 18.1 Å². The molecule has 2 N–H and O–H groups in total. The monoisotopic (exact) mass is 273 g/mol. The highest BCUT2D eigenvalue weighted by Gasteiger charge is 2.32. The van der Waals surface area contributed by atoms with Gasteiger partial charge in [-0.05, 0) is 37.7 Å². The average molecular weight is 273 g/mol. The second kappa shape index (κ2) is 7.25. The zero-order chi connectivity index (χ0) is 14.4. The number of rotatable bonds is 6. The molecule has 1 aromatic carbocycles. The number of allylic oxidation sites excluding steroid dienone is 1. The fourth-order valence-corrected chi connectivity index (χ4v) is 2.82. The maximum absolute atomic E-state index is 12.3. The lowest BCUT2D eigenvalue weighted by Crippen LogP contribution is -2.37. The summed E-state index contributed by atoms with van der Waals surface area (Å²) in [7, 11) is 0. The average Bonchev–Trinajstić information content (AvgIpc) is 2.90. The predicted molar refractivity (Wildman–Crippen MR) is 80.1 cm³/mol. The number of aliphatic hydroxyl groups excluding tert-OH is 1. The molecule has 3 atom stereocenters. The van der Waals surface area contributed by atoms with Gasteiger partial charge in [-0.1, -0.05) is 36.4 Å². The van der Waals surface area contributed by atoms with Crippen molar-refractivity contribution in [2.24, 2.45) is 5.92 Å². The van der Waals surface area contributed by atoms with Crippen LogP contribution in [0.4, 0.5) is 0 Å². The molecule has 0 aliphatic heterocycles. The smallest absolute Gasteiger partial charge is 0.226 e. The van der Waals surface area contributed by atoms with Gasteiger partial charge in [0.2, 0.25) is 5.91 Å². The van der Waals surface area contributed by atoms with Crippen LogP contribution in [-0.4, -0.2) is 17.1 Å². The van der Waals surface area contributed by atoms with Crippen molar-refractivity contribution < 1.29 is 9.90 Å². The van der Waals surface area contributed by atoms with Crippen LogP contribution in [-0.2, 0) is 4.79 Å². The van der Waals surface area contributed by atoms with E-state index in [1.165, 1.54) is 0 Å². The van der Waals surface area contributed by atoms with Gasteiger partial charge >= 0.3 is 0 Å². The van der Waals surface area contributed by atoms with Crippen molar-refractivity contribution in [1.29, 1.82) is 0 Å². The lowest BCUT2D eigenvalue weighted by atomic mass is 9.99. The van der Waals surface area contributed by atoms with Crippen LogP contribution < -0.4 is 5.32 Å². The number of nitrogens with one attached hydrogen (secondary N) is 1. The van der Waals surface area contributed by atoms with Crippen LogP contribution in [0.3, 0.4) is 0 Å². The maximum Gasteiger partial charge on any atom is 0.226 e. The van der Waals surface area contributed by atoms with Crippen LogP contribution in [0.25, 0.3) is 0 Å². The number of carbonyl (C=O) groups excluding carboxylic acids is 1. The summed E-state index contributed by atoms with van der Waals surface area (Å²) in [6.45, 7) is 3.74. The van der Waals surface area contributed by atoms with Crippen LogP contribution in [0.1, 0.15) is 43.7 Å². The van der Waals surface area contributed by atoms with E-state index in [1.807, 2.05) is 36.4 Å². The molecular weight excluding hydrogens is 250 g/mol. The summed E-state index contributed by atoms with van der Waals surface area (Å²) in [6.07, 6.45) is 5.53. The molecule has 0 bridgehead atoms. The van der Waals surface area contributed by atoms with E-state index < -0.39 is 6.10 Å². The van der Waals surface area contributed by atoms with Gasteiger partial charge in [-0.3, -0.25) is 4.79 Å². The molecule has 0 spiro atoms. The Morgan fingerprint density at radius 3 is 2.75 bits per heavy atom. The molecular formula is C17H23NO2. The van der Waals surface area contributed by atoms with Crippen molar-refractivity contribution in [3.05, 3.63) is 48.6 Å². The lowest BCUT2D eigenvalue weighted by molar-refractivity contribution is -0.128. The topological polar surface area (TPSA) is 49.3 Å². The summed E-state index contributed by atoms with van der Waals surface area (Å²) < 4.78 is 0. The largest absolute Gasteiger partial charge is 0.392 e. The standard InChI is InChI=1S/C17H23NO2/c1-2-3-11-15(13-8-5-4-6-9-13)18-17(20)14-10-7-12-16(14)19/h2,4-6,8-9,14-16,19H,1,3,7,10-12H2,(H,18,20). The molecule has 1 fully saturated rings. The minimum absolute atomic E-state index is 0.00509. The number of hydrogen-bond donors (Lipinski definition) is 2. The highest BCUT2D eigenvalue weighted by molar-refractivity contribution is 5.80. The third-order valence-electron chi connectivity index (χ3n) is 3.99. The Morgan fingerprint density at radius 1 is 1.40 bits per heavy atom. The van der Waals surface area contributed by atoms with Crippen molar-refractivity contribution in [1.82, 2.24) is 5.32 Å². The summed E-state index contributed by atoms with van der Waals surface area (Å²) in [5.74, 6) is -0.266. The molecule has 20 heavy (non-hydrogen) atoms. The van der Waals surface area contributed by atoms with Crippen molar-refractivity contribution in [2.45, 2.75) is 44.2 Å².